The molecule has 7 heteroatoms. The minimum Gasteiger partial charge on any atom is -0.408 e. The van der Waals surface area contributed by atoms with Gasteiger partial charge in [0.2, 0.25) is 5.91 Å². The summed E-state index contributed by atoms with van der Waals surface area (Å²) < 4.78 is 5.04. The molecule has 0 aliphatic heterocycles. The predicted molar refractivity (Wildman–Crippen MR) is 126 cm³/mol. The van der Waals surface area contributed by atoms with Gasteiger partial charge in [-0.1, -0.05) is 60.7 Å². The predicted octanol–water partition coefficient (Wildman–Crippen LogP) is 5.41. The number of hydrogen-bond acceptors (Lipinski definition) is 5. The van der Waals surface area contributed by atoms with Gasteiger partial charge in [0.1, 0.15) is 0 Å². The summed E-state index contributed by atoms with van der Waals surface area (Å²) in [4.78, 5) is 31.5. The van der Waals surface area contributed by atoms with Crippen LogP contribution >= 0.6 is 11.3 Å². The summed E-state index contributed by atoms with van der Waals surface area (Å²) in [6.07, 6.45) is 0.311. The van der Waals surface area contributed by atoms with E-state index in [0.717, 1.165) is 22.4 Å². The average molecular weight is 442 g/mol. The number of benzene rings is 3. The van der Waals surface area contributed by atoms with E-state index in [1.807, 2.05) is 78.2 Å². The first-order valence-corrected chi connectivity index (χ1v) is 11.0. The van der Waals surface area contributed by atoms with E-state index in [-0.39, 0.29) is 11.8 Å². The van der Waals surface area contributed by atoms with Crippen molar-refractivity contribution in [1.29, 1.82) is 0 Å². The number of thiazole rings is 1. The van der Waals surface area contributed by atoms with Crippen molar-refractivity contribution in [2.45, 2.75) is 12.3 Å². The van der Waals surface area contributed by atoms with E-state index in [0.29, 0.717) is 22.7 Å². The molecular weight excluding hydrogens is 422 g/mol. The summed E-state index contributed by atoms with van der Waals surface area (Å²) in [6.45, 7) is 0. The molecule has 2 N–H and O–H groups in total. The highest BCUT2D eigenvalue weighted by Gasteiger charge is 2.19. The number of fused-ring (bicyclic) bond motifs is 1. The second kappa shape index (κ2) is 8.64. The number of carbonyl (C=O) groups excluding carboxylic acids is 1. The Morgan fingerprint density at radius 3 is 2.38 bits per heavy atom. The third kappa shape index (κ3) is 4.24. The van der Waals surface area contributed by atoms with Gasteiger partial charge in [-0.3, -0.25) is 9.78 Å². The van der Waals surface area contributed by atoms with Crippen LogP contribution in [-0.4, -0.2) is 15.9 Å². The summed E-state index contributed by atoms with van der Waals surface area (Å²) in [5.41, 5.74) is 4.84. The Labute approximate surface area is 187 Å². The van der Waals surface area contributed by atoms with Gasteiger partial charge in [0.05, 0.1) is 11.2 Å². The number of aromatic amines is 1. The van der Waals surface area contributed by atoms with Gasteiger partial charge >= 0.3 is 5.76 Å². The Bertz CT molecular complexity index is 1380. The zero-order valence-corrected chi connectivity index (χ0v) is 17.8. The molecule has 5 aromatic rings. The fourth-order valence-electron chi connectivity index (χ4n) is 3.73. The van der Waals surface area contributed by atoms with Crippen LogP contribution in [0, 0.1) is 0 Å². The summed E-state index contributed by atoms with van der Waals surface area (Å²) in [6, 6.07) is 25.4. The number of nitrogens with one attached hydrogen (secondary N) is 2. The first-order chi connectivity index (χ1) is 15.7. The number of carbonyl (C=O) groups is 1. The molecule has 1 amide bonds. The van der Waals surface area contributed by atoms with E-state index in [2.05, 4.69) is 15.3 Å². The molecule has 0 atom stereocenters. The number of hydrogen-bond donors (Lipinski definition) is 2. The monoisotopic (exact) mass is 441 g/mol. The molecule has 32 heavy (non-hydrogen) atoms. The molecule has 2 heterocycles. The largest absolute Gasteiger partial charge is 0.417 e. The highest BCUT2D eigenvalue weighted by Crippen LogP contribution is 2.30. The van der Waals surface area contributed by atoms with Crippen molar-refractivity contribution < 1.29 is 9.21 Å². The maximum Gasteiger partial charge on any atom is 0.417 e. The normalized spacial score (nSPS) is 11.2. The number of oxazole rings is 1. The van der Waals surface area contributed by atoms with E-state index in [9.17, 15) is 9.59 Å². The first kappa shape index (κ1) is 20.0. The molecule has 6 nitrogen and oxygen atoms in total. The molecule has 0 spiro atoms. The van der Waals surface area contributed by atoms with Crippen LogP contribution in [0.2, 0.25) is 0 Å². The van der Waals surface area contributed by atoms with Gasteiger partial charge in [-0.15, -0.1) is 11.3 Å². The quantitative estimate of drug-likeness (QED) is 0.369. The minimum atomic E-state index is -0.491. The summed E-state index contributed by atoms with van der Waals surface area (Å²) >= 11 is 1.36. The van der Waals surface area contributed by atoms with E-state index < -0.39 is 5.76 Å². The lowest BCUT2D eigenvalue weighted by atomic mass is 9.88. The molecular formula is C25H19N3O3S. The molecule has 0 aliphatic carbocycles. The Hall–Kier alpha value is -3.97. The molecule has 5 rings (SSSR count). The van der Waals surface area contributed by atoms with E-state index >= 15 is 0 Å². The number of amides is 1. The number of H-pyrrole nitrogens is 1. The van der Waals surface area contributed by atoms with Crippen molar-refractivity contribution in [2.24, 2.45) is 0 Å². The standard InChI is InChI=1S/C25H19N3O3S/c29-23(14-19(16-7-3-1-4-8-16)17-9-5-2-6-10-17)28-24-26-21(15-32-24)18-11-12-22-20(13-18)27-25(30)31-22/h1-13,15,19H,14H2,(H,27,30)(H,26,28,29). The van der Waals surface area contributed by atoms with Gasteiger partial charge in [-0.05, 0) is 29.3 Å². The molecule has 0 fully saturated rings. The van der Waals surface area contributed by atoms with Crippen molar-refractivity contribution in [3.8, 4) is 11.3 Å². The molecule has 158 valence electrons. The summed E-state index contributed by atoms with van der Waals surface area (Å²) in [5, 5.41) is 5.34. The SMILES string of the molecule is O=C(CC(c1ccccc1)c1ccccc1)Nc1nc(-c2ccc3oc(=O)[nH]c3c2)cs1. The van der Waals surface area contributed by atoms with Gasteiger partial charge in [0, 0.05) is 23.3 Å². The molecule has 0 saturated carbocycles. The fraction of sp³-hybridized carbons (Fsp3) is 0.0800. The van der Waals surface area contributed by atoms with Crippen LogP contribution in [0.5, 0.6) is 0 Å². The Kier molecular flexibility index (Phi) is 5.39. The van der Waals surface area contributed by atoms with Gasteiger partial charge in [-0.2, -0.15) is 0 Å². The highest BCUT2D eigenvalue weighted by atomic mass is 32.1. The van der Waals surface area contributed by atoms with Gasteiger partial charge in [0.15, 0.2) is 10.7 Å². The molecule has 0 bridgehead atoms. The van der Waals surface area contributed by atoms with E-state index in [4.69, 9.17) is 4.42 Å². The first-order valence-electron chi connectivity index (χ1n) is 10.1. The average Bonchev–Trinajstić information content (AvgIpc) is 3.43. The van der Waals surface area contributed by atoms with Gasteiger partial charge in [-0.25, -0.2) is 9.78 Å². The van der Waals surface area contributed by atoms with E-state index in [1.54, 1.807) is 6.07 Å². The lowest BCUT2D eigenvalue weighted by Crippen LogP contribution is -2.16. The Morgan fingerprint density at radius 1 is 1.00 bits per heavy atom. The molecule has 0 unspecified atom stereocenters. The topological polar surface area (TPSA) is 88.0 Å². The maximum absolute atomic E-state index is 12.9. The van der Waals surface area contributed by atoms with Crippen molar-refractivity contribution in [3.05, 3.63) is 106 Å². The summed E-state index contributed by atoms with van der Waals surface area (Å²) in [5.74, 6) is -0.634. The molecule has 3 aromatic carbocycles. The van der Waals surface area contributed by atoms with Crippen LogP contribution in [0.4, 0.5) is 5.13 Å². The Morgan fingerprint density at radius 2 is 1.69 bits per heavy atom. The van der Waals surface area contributed by atoms with Crippen LogP contribution in [0.15, 0.2) is 93.5 Å². The summed E-state index contributed by atoms with van der Waals surface area (Å²) in [7, 11) is 0. The van der Waals surface area contributed by atoms with Crippen molar-refractivity contribution >= 4 is 33.5 Å². The zero-order chi connectivity index (χ0) is 21.9. The van der Waals surface area contributed by atoms with Crippen LogP contribution < -0.4 is 11.1 Å². The van der Waals surface area contributed by atoms with Gasteiger partial charge < -0.3 is 9.73 Å². The molecule has 0 saturated heterocycles. The smallest absolute Gasteiger partial charge is 0.408 e. The van der Waals surface area contributed by atoms with Crippen LogP contribution in [0.3, 0.4) is 0 Å². The molecule has 0 aliphatic rings. The second-order valence-electron chi connectivity index (χ2n) is 7.39. The number of nitrogens with zero attached hydrogens (tertiary/aromatic N) is 1. The van der Waals surface area contributed by atoms with Crippen LogP contribution in [0.1, 0.15) is 23.5 Å². The lowest BCUT2D eigenvalue weighted by Gasteiger charge is -2.17. The third-order valence-corrected chi connectivity index (χ3v) is 6.02. The van der Waals surface area contributed by atoms with Crippen molar-refractivity contribution in [3.63, 3.8) is 0 Å². The number of aromatic nitrogens is 2. The molecule has 0 radical (unpaired) electrons. The second-order valence-corrected chi connectivity index (χ2v) is 8.25. The zero-order valence-electron chi connectivity index (χ0n) is 16.9. The fourth-order valence-corrected chi connectivity index (χ4v) is 4.47. The van der Waals surface area contributed by atoms with Crippen LogP contribution in [0.25, 0.3) is 22.4 Å². The maximum atomic E-state index is 12.9. The van der Waals surface area contributed by atoms with Crippen molar-refractivity contribution in [2.75, 3.05) is 5.32 Å². The molecule has 2 aromatic heterocycles. The van der Waals surface area contributed by atoms with Crippen LogP contribution in [-0.2, 0) is 4.79 Å². The Balaban J connectivity index is 1.34. The van der Waals surface area contributed by atoms with E-state index in [1.165, 1.54) is 11.3 Å². The van der Waals surface area contributed by atoms with Crippen molar-refractivity contribution in [1.82, 2.24) is 9.97 Å². The minimum absolute atomic E-state index is 0.0443. The lowest BCUT2D eigenvalue weighted by molar-refractivity contribution is -0.116. The number of anilines is 1. The number of rotatable bonds is 6. The third-order valence-electron chi connectivity index (χ3n) is 5.26. The van der Waals surface area contributed by atoms with Gasteiger partial charge in [0.25, 0.3) is 0 Å². The highest BCUT2D eigenvalue weighted by molar-refractivity contribution is 7.14.